The normalized spacial score (nSPS) is 11.7. The Bertz CT molecular complexity index is 1150. The monoisotopic (exact) mass is 412 g/mol. The van der Waals surface area contributed by atoms with Crippen LogP contribution in [0.4, 0.5) is 10.2 Å². The van der Waals surface area contributed by atoms with Crippen molar-refractivity contribution in [1.29, 1.82) is 0 Å². The molecular formula is C18H17FN8OS. The molecule has 0 aliphatic carbocycles. The van der Waals surface area contributed by atoms with E-state index in [1.54, 1.807) is 49.8 Å². The highest BCUT2D eigenvalue weighted by Crippen LogP contribution is 2.26. The highest BCUT2D eigenvalue weighted by molar-refractivity contribution is 7.13. The molecule has 0 radical (unpaired) electrons. The van der Waals surface area contributed by atoms with Crippen LogP contribution >= 0.6 is 11.3 Å². The van der Waals surface area contributed by atoms with Gasteiger partial charge in [-0.2, -0.15) is 0 Å². The van der Waals surface area contributed by atoms with E-state index in [2.05, 4.69) is 30.2 Å². The van der Waals surface area contributed by atoms with Gasteiger partial charge in [-0.3, -0.25) is 4.98 Å². The van der Waals surface area contributed by atoms with Crippen molar-refractivity contribution >= 4 is 17.2 Å². The van der Waals surface area contributed by atoms with Crippen molar-refractivity contribution in [2.24, 2.45) is 0 Å². The lowest BCUT2D eigenvalue weighted by molar-refractivity contribution is 0.0736. The minimum atomic E-state index is -1.06. The number of rotatable bonds is 5. The van der Waals surface area contributed by atoms with Gasteiger partial charge in [-0.15, -0.1) is 16.4 Å². The quantitative estimate of drug-likeness (QED) is 0.511. The third-order valence-corrected chi connectivity index (χ3v) is 4.81. The Hall–Kier alpha value is -3.31. The van der Waals surface area contributed by atoms with Crippen LogP contribution in [0.25, 0.3) is 22.2 Å². The zero-order valence-electron chi connectivity index (χ0n) is 15.6. The van der Waals surface area contributed by atoms with Crippen molar-refractivity contribution in [3.63, 3.8) is 0 Å². The van der Waals surface area contributed by atoms with E-state index in [9.17, 15) is 9.50 Å². The van der Waals surface area contributed by atoms with Gasteiger partial charge < -0.3 is 10.8 Å². The van der Waals surface area contributed by atoms with E-state index in [0.29, 0.717) is 22.9 Å². The molecule has 0 fully saturated rings. The molecule has 148 valence electrons. The van der Waals surface area contributed by atoms with Crippen molar-refractivity contribution in [3.05, 3.63) is 53.2 Å². The smallest absolute Gasteiger partial charge is 0.193 e. The number of aliphatic hydroxyl groups is 1. The van der Waals surface area contributed by atoms with E-state index in [1.807, 2.05) is 0 Å². The summed E-state index contributed by atoms with van der Waals surface area (Å²) in [6.07, 6.45) is 3.16. The highest BCUT2D eigenvalue weighted by atomic mass is 32.1. The molecule has 0 unspecified atom stereocenters. The molecule has 0 bridgehead atoms. The van der Waals surface area contributed by atoms with Gasteiger partial charge in [0.15, 0.2) is 22.5 Å². The molecule has 4 aromatic rings. The number of nitrogen functional groups attached to an aromatic ring is 1. The van der Waals surface area contributed by atoms with E-state index >= 15 is 0 Å². The lowest BCUT2D eigenvalue weighted by Gasteiger charge is -2.17. The van der Waals surface area contributed by atoms with Crippen molar-refractivity contribution in [2.75, 3.05) is 5.73 Å². The second kappa shape index (κ2) is 7.26. The summed E-state index contributed by atoms with van der Waals surface area (Å²) in [5.41, 5.74) is 6.04. The number of nitrogens with zero attached hydrogens (tertiary/aromatic N) is 7. The van der Waals surface area contributed by atoms with Crippen LogP contribution < -0.4 is 5.73 Å². The number of aromatic nitrogens is 7. The fourth-order valence-corrected chi connectivity index (χ4v) is 3.19. The number of nitrogens with two attached hydrogens (primary N) is 1. The standard InChI is InChI=1S/C18H17FN8OS/c1-18(2,28)12-5-3-4-10(22-12)8-27-9-11(25-26-27)14-13(19)15(20)24-16(23-14)17-21-6-7-29-17/h3-7,9,28H,8H2,1-2H3,(H2,20,23,24). The third kappa shape index (κ3) is 3.96. The lowest BCUT2D eigenvalue weighted by atomic mass is 10.0. The zero-order valence-corrected chi connectivity index (χ0v) is 16.4. The molecule has 0 saturated carbocycles. The number of anilines is 1. The molecule has 4 rings (SSSR count). The Morgan fingerprint density at radius 2 is 2.07 bits per heavy atom. The van der Waals surface area contributed by atoms with Crippen LogP contribution in [-0.2, 0) is 12.1 Å². The third-order valence-electron chi connectivity index (χ3n) is 4.04. The molecule has 3 N–H and O–H groups in total. The average molecular weight is 412 g/mol. The molecule has 0 aliphatic rings. The van der Waals surface area contributed by atoms with Crippen LogP contribution in [0.5, 0.6) is 0 Å². The molecule has 0 saturated heterocycles. The first-order chi connectivity index (χ1) is 13.8. The van der Waals surface area contributed by atoms with Crippen molar-refractivity contribution < 1.29 is 9.50 Å². The molecular weight excluding hydrogens is 395 g/mol. The van der Waals surface area contributed by atoms with Gasteiger partial charge in [0, 0.05) is 11.6 Å². The maximum atomic E-state index is 14.5. The Morgan fingerprint density at radius 3 is 2.79 bits per heavy atom. The number of thiazole rings is 1. The fourth-order valence-electron chi connectivity index (χ4n) is 2.62. The van der Waals surface area contributed by atoms with Crippen LogP contribution in [0, 0.1) is 5.82 Å². The summed E-state index contributed by atoms with van der Waals surface area (Å²) >= 11 is 1.32. The maximum Gasteiger partial charge on any atom is 0.193 e. The van der Waals surface area contributed by atoms with Crippen LogP contribution in [0.2, 0.25) is 0 Å². The first kappa shape index (κ1) is 19.0. The van der Waals surface area contributed by atoms with Gasteiger partial charge >= 0.3 is 0 Å². The Morgan fingerprint density at radius 1 is 1.24 bits per heavy atom. The summed E-state index contributed by atoms with van der Waals surface area (Å²) in [6, 6.07) is 5.36. The van der Waals surface area contributed by atoms with Crippen LogP contribution in [-0.4, -0.2) is 40.0 Å². The van der Waals surface area contributed by atoms with Gasteiger partial charge in [0.05, 0.1) is 24.1 Å². The molecule has 0 spiro atoms. The predicted molar refractivity (Wildman–Crippen MR) is 105 cm³/mol. The topological polar surface area (TPSA) is 129 Å². The lowest BCUT2D eigenvalue weighted by Crippen LogP contribution is -2.18. The van der Waals surface area contributed by atoms with Crippen molar-refractivity contribution in [3.8, 4) is 22.2 Å². The molecule has 0 atom stereocenters. The van der Waals surface area contributed by atoms with Gasteiger partial charge in [0.1, 0.15) is 17.0 Å². The van der Waals surface area contributed by atoms with Gasteiger partial charge in [-0.1, -0.05) is 11.3 Å². The van der Waals surface area contributed by atoms with Gasteiger partial charge in [-0.05, 0) is 26.0 Å². The number of hydrogen-bond acceptors (Lipinski definition) is 9. The average Bonchev–Trinajstić information content (AvgIpc) is 3.36. The molecule has 11 heteroatoms. The van der Waals surface area contributed by atoms with E-state index < -0.39 is 11.4 Å². The minimum Gasteiger partial charge on any atom is -0.384 e. The van der Waals surface area contributed by atoms with Gasteiger partial charge in [-0.25, -0.2) is 24.0 Å². The molecule has 0 amide bonds. The molecule has 9 nitrogen and oxygen atoms in total. The van der Waals surface area contributed by atoms with Crippen LogP contribution in [0.3, 0.4) is 0 Å². The van der Waals surface area contributed by atoms with Gasteiger partial charge in [0.2, 0.25) is 0 Å². The summed E-state index contributed by atoms with van der Waals surface area (Å²) in [5.74, 6) is -0.822. The molecule has 0 aromatic carbocycles. The Balaban J connectivity index is 1.65. The second-order valence-corrected chi connectivity index (χ2v) is 7.70. The first-order valence-corrected chi connectivity index (χ1v) is 9.51. The van der Waals surface area contributed by atoms with Crippen LogP contribution in [0.15, 0.2) is 36.0 Å². The molecule has 4 heterocycles. The minimum absolute atomic E-state index is 0.0489. The second-order valence-electron chi connectivity index (χ2n) is 6.81. The molecule has 29 heavy (non-hydrogen) atoms. The predicted octanol–water partition coefficient (Wildman–Crippen LogP) is 2.25. The Kier molecular flexibility index (Phi) is 4.76. The summed E-state index contributed by atoms with van der Waals surface area (Å²) in [4.78, 5) is 16.8. The van der Waals surface area contributed by atoms with Gasteiger partial charge in [0.25, 0.3) is 0 Å². The number of pyridine rings is 1. The van der Waals surface area contributed by atoms with Crippen molar-refractivity contribution in [1.82, 2.24) is 34.9 Å². The zero-order chi connectivity index (χ0) is 20.6. The van der Waals surface area contributed by atoms with Crippen molar-refractivity contribution in [2.45, 2.75) is 26.0 Å². The highest BCUT2D eigenvalue weighted by Gasteiger charge is 2.20. The molecule has 4 aromatic heterocycles. The summed E-state index contributed by atoms with van der Waals surface area (Å²) < 4.78 is 16.1. The SMILES string of the molecule is CC(C)(O)c1cccc(Cn2cc(-c3nc(-c4nccs4)nc(N)c3F)nn2)n1. The maximum absolute atomic E-state index is 14.5. The van der Waals surface area contributed by atoms with E-state index in [1.165, 1.54) is 16.0 Å². The largest absolute Gasteiger partial charge is 0.384 e. The summed E-state index contributed by atoms with van der Waals surface area (Å²) in [5, 5.41) is 20.5. The van der Waals surface area contributed by atoms with E-state index in [0.717, 1.165) is 0 Å². The van der Waals surface area contributed by atoms with E-state index in [4.69, 9.17) is 5.73 Å². The van der Waals surface area contributed by atoms with Crippen LogP contribution in [0.1, 0.15) is 25.2 Å². The summed E-state index contributed by atoms with van der Waals surface area (Å²) in [7, 11) is 0. The number of halogens is 1. The fraction of sp³-hybridized carbons (Fsp3) is 0.222. The Labute approximate surface area is 169 Å². The molecule has 0 aliphatic heterocycles. The number of hydrogen-bond donors (Lipinski definition) is 2. The van der Waals surface area contributed by atoms with E-state index in [-0.39, 0.29) is 23.0 Å². The summed E-state index contributed by atoms with van der Waals surface area (Å²) in [6.45, 7) is 3.61. The first-order valence-electron chi connectivity index (χ1n) is 8.63.